The second-order valence-electron chi connectivity index (χ2n) is 5.32. The first-order valence-electron chi connectivity index (χ1n) is 6.97. The average Bonchev–Trinajstić information content (AvgIpc) is 2.92. The lowest BCUT2D eigenvalue weighted by atomic mass is 10.0. The highest BCUT2D eigenvalue weighted by Crippen LogP contribution is 2.34. The van der Waals surface area contributed by atoms with Crippen molar-refractivity contribution in [2.75, 3.05) is 0 Å². The molecule has 0 aliphatic carbocycles. The number of nitrogens with one attached hydrogen (secondary N) is 1. The van der Waals surface area contributed by atoms with Crippen LogP contribution in [0.2, 0.25) is 0 Å². The fourth-order valence-corrected chi connectivity index (χ4v) is 2.22. The molecule has 0 radical (unpaired) electrons. The Bertz CT molecular complexity index is 621. The molecule has 0 saturated heterocycles. The zero-order valence-electron chi connectivity index (χ0n) is 12.6. The summed E-state index contributed by atoms with van der Waals surface area (Å²) in [6, 6.07) is 5.16. The molecule has 0 aliphatic rings. The molecule has 0 aliphatic heterocycles. The summed E-state index contributed by atoms with van der Waals surface area (Å²) >= 11 is 0. The van der Waals surface area contributed by atoms with Crippen LogP contribution >= 0.6 is 0 Å². The van der Waals surface area contributed by atoms with E-state index >= 15 is 0 Å². The number of hydrogen-bond donors (Lipinski definition) is 1. The Morgan fingerprint density at radius 2 is 1.86 bits per heavy atom. The molecule has 0 unspecified atom stereocenters. The summed E-state index contributed by atoms with van der Waals surface area (Å²) in [6.07, 6.45) is -4.37. The molecule has 1 aromatic carbocycles. The minimum atomic E-state index is -4.37. The maximum atomic E-state index is 13.0. The Hall–Kier alpha value is -1.96. The Kier molecular flexibility index (Phi) is 4.80. The second-order valence-corrected chi connectivity index (χ2v) is 5.32. The van der Waals surface area contributed by atoms with Crippen LogP contribution in [0.1, 0.15) is 49.8 Å². The summed E-state index contributed by atoms with van der Waals surface area (Å²) in [7, 11) is 0. The van der Waals surface area contributed by atoms with Crippen LogP contribution in [0.3, 0.4) is 0 Å². The van der Waals surface area contributed by atoms with E-state index in [1.165, 1.54) is 12.1 Å². The predicted molar refractivity (Wildman–Crippen MR) is 74.9 cm³/mol. The van der Waals surface area contributed by atoms with E-state index in [0.717, 1.165) is 6.07 Å². The van der Waals surface area contributed by atoms with Gasteiger partial charge in [-0.05, 0) is 42.8 Å². The van der Waals surface area contributed by atoms with Crippen molar-refractivity contribution < 1.29 is 13.2 Å². The third kappa shape index (κ3) is 3.62. The average molecular weight is 313 g/mol. The van der Waals surface area contributed by atoms with Gasteiger partial charge in [-0.2, -0.15) is 13.2 Å². The van der Waals surface area contributed by atoms with E-state index in [1.807, 2.05) is 13.8 Å². The van der Waals surface area contributed by atoms with Gasteiger partial charge in [0.05, 0.1) is 18.2 Å². The van der Waals surface area contributed by atoms with Gasteiger partial charge in [0.2, 0.25) is 0 Å². The van der Waals surface area contributed by atoms with Crippen LogP contribution in [0.15, 0.2) is 24.3 Å². The van der Waals surface area contributed by atoms with Crippen LogP contribution in [0.25, 0.3) is 0 Å². The van der Waals surface area contributed by atoms with Crippen molar-refractivity contribution in [3.63, 3.8) is 0 Å². The third-order valence-electron chi connectivity index (χ3n) is 3.35. The third-order valence-corrected chi connectivity index (χ3v) is 3.35. The van der Waals surface area contributed by atoms with Crippen molar-refractivity contribution in [1.29, 1.82) is 0 Å². The summed E-state index contributed by atoms with van der Waals surface area (Å²) in [5, 5.41) is 14.4. The molecule has 120 valence electrons. The number of benzene rings is 1. The van der Waals surface area contributed by atoms with Crippen LogP contribution in [-0.2, 0) is 12.7 Å². The van der Waals surface area contributed by atoms with Crippen molar-refractivity contribution >= 4 is 0 Å². The van der Waals surface area contributed by atoms with E-state index in [2.05, 4.69) is 20.8 Å². The minimum absolute atomic E-state index is 0.0876. The second kappa shape index (κ2) is 6.43. The SMILES string of the molecule is CC(C)n1nnnc1CN[C@H](C)c1ccccc1C(F)(F)F. The molecule has 5 nitrogen and oxygen atoms in total. The predicted octanol–water partition coefficient (Wildman–Crippen LogP) is 3.12. The van der Waals surface area contributed by atoms with Gasteiger partial charge in [0.25, 0.3) is 0 Å². The Morgan fingerprint density at radius 1 is 1.18 bits per heavy atom. The van der Waals surface area contributed by atoms with E-state index in [0.29, 0.717) is 12.4 Å². The molecule has 22 heavy (non-hydrogen) atoms. The number of halogens is 3. The fourth-order valence-electron chi connectivity index (χ4n) is 2.22. The summed E-state index contributed by atoms with van der Waals surface area (Å²) in [5.41, 5.74) is -0.419. The van der Waals surface area contributed by atoms with Crippen LogP contribution in [0.5, 0.6) is 0 Å². The van der Waals surface area contributed by atoms with Crippen LogP contribution in [-0.4, -0.2) is 20.2 Å². The van der Waals surface area contributed by atoms with Gasteiger partial charge in [0.1, 0.15) is 0 Å². The Labute approximate surface area is 126 Å². The molecule has 1 atom stereocenters. The zero-order chi connectivity index (χ0) is 16.3. The number of alkyl halides is 3. The van der Waals surface area contributed by atoms with Gasteiger partial charge in [-0.15, -0.1) is 5.10 Å². The molecule has 0 spiro atoms. The Balaban J connectivity index is 2.13. The van der Waals surface area contributed by atoms with Gasteiger partial charge >= 0.3 is 6.18 Å². The molecule has 2 rings (SSSR count). The lowest BCUT2D eigenvalue weighted by Crippen LogP contribution is -2.24. The van der Waals surface area contributed by atoms with Gasteiger partial charge in [0, 0.05) is 6.04 Å². The lowest BCUT2D eigenvalue weighted by Gasteiger charge is -2.19. The van der Waals surface area contributed by atoms with Gasteiger partial charge < -0.3 is 5.32 Å². The molecule has 0 saturated carbocycles. The monoisotopic (exact) mass is 313 g/mol. The molecule has 8 heteroatoms. The zero-order valence-corrected chi connectivity index (χ0v) is 12.6. The molecular weight excluding hydrogens is 295 g/mol. The highest BCUT2D eigenvalue weighted by molar-refractivity contribution is 5.32. The van der Waals surface area contributed by atoms with Crippen LogP contribution in [0, 0.1) is 0 Å². The minimum Gasteiger partial charge on any atom is -0.303 e. The standard InChI is InChI=1S/C14H18F3N5/c1-9(2)22-13(19-20-21-22)8-18-10(3)11-6-4-5-7-12(11)14(15,16)17/h4-7,9-10,18H,8H2,1-3H3/t10-/m1/s1. The number of nitrogens with zero attached hydrogens (tertiary/aromatic N) is 4. The van der Waals surface area contributed by atoms with Gasteiger partial charge in [-0.1, -0.05) is 18.2 Å². The fraction of sp³-hybridized carbons (Fsp3) is 0.500. The maximum Gasteiger partial charge on any atom is 0.416 e. The molecule has 2 aromatic rings. The van der Waals surface area contributed by atoms with E-state index < -0.39 is 17.8 Å². The smallest absolute Gasteiger partial charge is 0.303 e. The normalized spacial score (nSPS) is 13.6. The topological polar surface area (TPSA) is 55.6 Å². The van der Waals surface area contributed by atoms with Crippen molar-refractivity contribution in [1.82, 2.24) is 25.5 Å². The quantitative estimate of drug-likeness (QED) is 0.921. The van der Waals surface area contributed by atoms with Gasteiger partial charge in [0.15, 0.2) is 5.82 Å². The number of tetrazole rings is 1. The van der Waals surface area contributed by atoms with Crippen molar-refractivity contribution in [3.8, 4) is 0 Å². The number of hydrogen-bond acceptors (Lipinski definition) is 4. The van der Waals surface area contributed by atoms with Gasteiger partial charge in [-0.3, -0.25) is 0 Å². The molecule has 1 heterocycles. The van der Waals surface area contributed by atoms with E-state index in [4.69, 9.17) is 0 Å². The summed E-state index contributed by atoms with van der Waals surface area (Å²) in [5.74, 6) is 0.589. The number of aromatic nitrogens is 4. The highest BCUT2D eigenvalue weighted by atomic mass is 19.4. The largest absolute Gasteiger partial charge is 0.416 e. The van der Waals surface area contributed by atoms with Crippen molar-refractivity contribution in [3.05, 3.63) is 41.2 Å². The molecule has 1 aromatic heterocycles. The highest BCUT2D eigenvalue weighted by Gasteiger charge is 2.34. The van der Waals surface area contributed by atoms with Crippen molar-refractivity contribution in [2.45, 2.75) is 45.6 Å². The van der Waals surface area contributed by atoms with Gasteiger partial charge in [-0.25, -0.2) is 4.68 Å². The van der Waals surface area contributed by atoms with Crippen LogP contribution < -0.4 is 5.32 Å². The molecule has 1 N–H and O–H groups in total. The van der Waals surface area contributed by atoms with E-state index in [9.17, 15) is 13.2 Å². The molecule has 0 amide bonds. The molecule has 0 bridgehead atoms. The summed E-state index contributed by atoms with van der Waals surface area (Å²) in [6.45, 7) is 5.84. The lowest BCUT2D eigenvalue weighted by molar-refractivity contribution is -0.138. The molecule has 0 fully saturated rings. The maximum absolute atomic E-state index is 13.0. The number of rotatable bonds is 5. The molecular formula is C14H18F3N5. The van der Waals surface area contributed by atoms with E-state index in [-0.39, 0.29) is 11.6 Å². The first kappa shape index (κ1) is 16.4. The summed E-state index contributed by atoms with van der Waals surface area (Å²) in [4.78, 5) is 0. The first-order valence-corrected chi connectivity index (χ1v) is 6.97. The van der Waals surface area contributed by atoms with Crippen LogP contribution in [0.4, 0.5) is 13.2 Å². The van der Waals surface area contributed by atoms with E-state index in [1.54, 1.807) is 17.7 Å². The Morgan fingerprint density at radius 3 is 2.50 bits per heavy atom. The van der Waals surface area contributed by atoms with Crippen molar-refractivity contribution in [2.24, 2.45) is 0 Å². The summed E-state index contributed by atoms with van der Waals surface area (Å²) < 4.78 is 40.7. The first-order chi connectivity index (χ1) is 10.3.